The number of morpholine rings is 1. The Balaban J connectivity index is 0.000000980. The molecular weight excluding hydrogens is 180 g/mol. The molecular formula is C9H13N4O. The Morgan fingerprint density at radius 2 is 2.43 bits per heavy atom. The third-order valence-electron chi connectivity index (χ3n) is 2.23. The van der Waals surface area contributed by atoms with E-state index in [1.807, 2.05) is 6.07 Å². The molecule has 0 aliphatic carbocycles. The smallest absolute Gasteiger partial charge is 0.132 e. The molecule has 1 aromatic heterocycles. The maximum atomic E-state index is 5.35. The predicted octanol–water partition coefficient (Wildman–Crippen LogP) is 0.221. The van der Waals surface area contributed by atoms with Crippen molar-refractivity contribution in [2.75, 3.05) is 24.7 Å². The van der Waals surface area contributed by atoms with Crippen molar-refractivity contribution in [2.45, 2.75) is 13.0 Å². The van der Waals surface area contributed by atoms with Crippen molar-refractivity contribution in [2.24, 2.45) is 0 Å². The van der Waals surface area contributed by atoms with Crippen LogP contribution in [-0.2, 0) is 4.74 Å². The van der Waals surface area contributed by atoms with E-state index in [1.165, 1.54) is 0 Å². The highest BCUT2D eigenvalue weighted by Crippen LogP contribution is 2.14. The lowest BCUT2D eigenvalue weighted by atomic mass is 10.2. The van der Waals surface area contributed by atoms with E-state index in [1.54, 1.807) is 12.5 Å². The molecule has 1 aliphatic heterocycles. The highest BCUT2D eigenvalue weighted by atomic mass is 16.5. The summed E-state index contributed by atoms with van der Waals surface area (Å²) in [4.78, 5) is 10.3. The molecule has 0 saturated carbocycles. The molecule has 1 unspecified atom stereocenters. The van der Waals surface area contributed by atoms with Crippen LogP contribution in [0.25, 0.3) is 0 Å². The molecule has 2 rings (SSSR count). The first kappa shape index (κ1) is 10.9. The Morgan fingerprint density at radius 3 is 3.07 bits per heavy atom. The maximum absolute atomic E-state index is 5.35. The summed E-state index contributed by atoms with van der Waals surface area (Å²) in [6.45, 7) is 4.62. The van der Waals surface area contributed by atoms with Crippen LogP contribution in [-0.4, -0.2) is 35.8 Å². The molecule has 1 aromatic rings. The van der Waals surface area contributed by atoms with E-state index in [2.05, 4.69) is 21.8 Å². The monoisotopic (exact) mass is 193 g/mol. The quantitative estimate of drug-likeness (QED) is 0.639. The van der Waals surface area contributed by atoms with Gasteiger partial charge in [0, 0.05) is 18.9 Å². The zero-order valence-electron chi connectivity index (χ0n) is 8.13. The van der Waals surface area contributed by atoms with Crippen LogP contribution < -0.4 is 11.1 Å². The van der Waals surface area contributed by atoms with Gasteiger partial charge in [0.1, 0.15) is 12.1 Å². The summed E-state index contributed by atoms with van der Waals surface area (Å²) in [5.41, 5.74) is 0. The highest BCUT2D eigenvalue weighted by Gasteiger charge is 2.19. The summed E-state index contributed by atoms with van der Waals surface area (Å²) in [5, 5.41) is 0. The van der Waals surface area contributed by atoms with Crippen LogP contribution in [0.4, 0.5) is 5.82 Å². The van der Waals surface area contributed by atoms with Crippen LogP contribution in [0.15, 0.2) is 18.6 Å². The fraction of sp³-hybridized carbons (Fsp3) is 0.556. The average Bonchev–Trinajstić information content (AvgIpc) is 2.20. The van der Waals surface area contributed by atoms with Crippen molar-refractivity contribution in [3.05, 3.63) is 18.6 Å². The summed E-state index contributed by atoms with van der Waals surface area (Å²) >= 11 is 0. The summed E-state index contributed by atoms with van der Waals surface area (Å²) < 4.78 is 5.35. The maximum Gasteiger partial charge on any atom is 0.132 e. The van der Waals surface area contributed by atoms with Gasteiger partial charge in [0.05, 0.1) is 19.3 Å². The SMILES string of the molecule is CC1COCCN1c1ccncn1.[N]. The average molecular weight is 193 g/mol. The molecule has 3 radical (unpaired) electrons. The molecule has 1 aliphatic rings. The summed E-state index contributed by atoms with van der Waals surface area (Å²) in [5.74, 6) is 0.991. The first-order valence-corrected chi connectivity index (χ1v) is 4.48. The second-order valence-electron chi connectivity index (χ2n) is 3.18. The number of rotatable bonds is 1. The van der Waals surface area contributed by atoms with E-state index in [0.717, 1.165) is 25.6 Å². The van der Waals surface area contributed by atoms with Gasteiger partial charge in [-0.25, -0.2) is 9.97 Å². The molecule has 1 atom stereocenters. The summed E-state index contributed by atoms with van der Waals surface area (Å²) in [6, 6.07) is 2.34. The van der Waals surface area contributed by atoms with Crippen molar-refractivity contribution in [1.29, 1.82) is 0 Å². The third kappa shape index (κ3) is 2.18. The minimum absolute atomic E-state index is 0. The topological polar surface area (TPSA) is 68.8 Å². The highest BCUT2D eigenvalue weighted by molar-refractivity contribution is 5.38. The van der Waals surface area contributed by atoms with Gasteiger partial charge in [-0.1, -0.05) is 0 Å². The number of ether oxygens (including phenoxy) is 1. The minimum atomic E-state index is 0. The number of nitrogens with zero attached hydrogens (tertiary/aromatic N) is 4. The Labute approximate surface area is 83.7 Å². The second-order valence-corrected chi connectivity index (χ2v) is 3.18. The fourth-order valence-electron chi connectivity index (χ4n) is 1.52. The molecule has 14 heavy (non-hydrogen) atoms. The number of hydrogen-bond donors (Lipinski definition) is 0. The van der Waals surface area contributed by atoms with Gasteiger partial charge in [-0.2, -0.15) is 0 Å². The van der Waals surface area contributed by atoms with Crippen LogP contribution in [0.3, 0.4) is 0 Å². The number of aromatic nitrogens is 2. The van der Waals surface area contributed by atoms with Crippen LogP contribution in [0.5, 0.6) is 0 Å². The Kier molecular flexibility index (Phi) is 3.79. The Morgan fingerprint density at radius 1 is 1.57 bits per heavy atom. The zero-order valence-corrected chi connectivity index (χ0v) is 8.13. The number of anilines is 1. The van der Waals surface area contributed by atoms with Crippen LogP contribution in [0.2, 0.25) is 0 Å². The Bertz CT molecular complexity index is 267. The van der Waals surface area contributed by atoms with Gasteiger partial charge in [0.15, 0.2) is 0 Å². The van der Waals surface area contributed by atoms with Gasteiger partial charge < -0.3 is 9.64 Å². The van der Waals surface area contributed by atoms with Crippen LogP contribution >= 0.6 is 0 Å². The molecule has 0 aromatic carbocycles. The van der Waals surface area contributed by atoms with E-state index in [9.17, 15) is 0 Å². The van der Waals surface area contributed by atoms with Gasteiger partial charge in [0.25, 0.3) is 0 Å². The van der Waals surface area contributed by atoms with Crippen molar-refractivity contribution >= 4 is 5.82 Å². The zero-order chi connectivity index (χ0) is 9.10. The van der Waals surface area contributed by atoms with Gasteiger partial charge >= 0.3 is 0 Å². The molecule has 1 saturated heterocycles. The van der Waals surface area contributed by atoms with Crippen molar-refractivity contribution < 1.29 is 4.74 Å². The minimum Gasteiger partial charge on any atom is -0.377 e. The first-order valence-electron chi connectivity index (χ1n) is 4.48. The summed E-state index contributed by atoms with van der Waals surface area (Å²) in [6.07, 6.45) is 3.35. The number of hydrogen-bond acceptors (Lipinski definition) is 4. The van der Waals surface area contributed by atoms with Crippen LogP contribution in [0.1, 0.15) is 6.92 Å². The van der Waals surface area contributed by atoms with E-state index in [4.69, 9.17) is 4.74 Å². The van der Waals surface area contributed by atoms with Gasteiger partial charge in [-0.15, -0.1) is 0 Å². The lowest BCUT2D eigenvalue weighted by Gasteiger charge is -2.33. The second kappa shape index (κ2) is 4.88. The normalized spacial score (nSPS) is 21.5. The van der Waals surface area contributed by atoms with E-state index >= 15 is 0 Å². The Hall–Kier alpha value is -1.20. The third-order valence-corrected chi connectivity index (χ3v) is 2.23. The van der Waals surface area contributed by atoms with Crippen molar-refractivity contribution in [3.63, 3.8) is 0 Å². The van der Waals surface area contributed by atoms with E-state index < -0.39 is 0 Å². The molecule has 1 fully saturated rings. The van der Waals surface area contributed by atoms with Gasteiger partial charge in [-0.05, 0) is 13.0 Å². The molecule has 2 heterocycles. The van der Waals surface area contributed by atoms with Crippen LogP contribution in [0, 0.1) is 0 Å². The molecule has 0 spiro atoms. The lowest BCUT2D eigenvalue weighted by Crippen LogP contribution is -2.44. The van der Waals surface area contributed by atoms with E-state index in [0.29, 0.717) is 6.04 Å². The van der Waals surface area contributed by atoms with Crippen molar-refractivity contribution in [3.8, 4) is 0 Å². The predicted molar refractivity (Wildman–Crippen MR) is 51.8 cm³/mol. The molecule has 75 valence electrons. The molecule has 0 amide bonds. The van der Waals surface area contributed by atoms with Crippen molar-refractivity contribution in [1.82, 2.24) is 16.1 Å². The van der Waals surface area contributed by atoms with E-state index in [-0.39, 0.29) is 6.15 Å². The molecule has 5 nitrogen and oxygen atoms in total. The lowest BCUT2D eigenvalue weighted by molar-refractivity contribution is 0.0985. The van der Waals surface area contributed by atoms with Gasteiger partial charge in [-0.3, -0.25) is 0 Å². The fourth-order valence-corrected chi connectivity index (χ4v) is 1.52. The van der Waals surface area contributed by atoms with Gasteiger partial charge in [0.2, 0.25) is 0 Å². The standard InChI is InChI=1S/C9H13N3O.N/c1-8-6-13-5-4-12(8)9-2-3-10-7-11-9;/h2-3,7-8H,4-6H2,1H3;. The molecule has 0 bridgehead atoms. The molecule has 0 N–H and O–H groups in total. The first-order chi connectivity index (χ1) is 6.38. The largest absolute Gasteiger partial charge is 0.377 e. The summed E-state index contributed by atoms with van der Waals surface area (Å²) in [7, 11) is 0. The molecule has 5 heteroatoms.